The third kappa shape index (κ3) is 2.26. The highest BCUT2D eigenvalue weighted by atomic mass is 32.1. The zero-order chi connectivity index (χ0) is 12.6. The molecule has 0 atom stereocenters. The standard InChI is InChI=1S/C11H9FN2O2S/c1-5-2-6(4-7(12)3-5)10-14-8(11(15)16)9(13)17-10/h2-4H,13H2,1H3,(H,15,16). The monoisotopic (exact) mass is 252 g/mol. The summed E-state index contributed by atoms with van der Waals surface area (Å²) in [5.74, 6) is -1.57. The normalized spacial score (nSPS) is 10.5. The molecule has 0 amide bonds. The number of halogens is 1. The summed E-state index contributed by atoms with van der Waals surface area (Å²) in [6, 6.07) is 4.42. The van der Waals surface area contributed by atoms with Gasteiger partial charge in [-0.3, -0.25) is 0 Å². The molecule has 0 aliphatic carbocycles. The average molecular weight is 252 g/mol. The number of carboxylic acids is 1. The van der Waals surface area contributed by atoms with Crippen LogP contribution in [0.3, 0.4) is 0 Å². The van der Waals surface area contributed by atoms with E-state index in [9.17, 15) is 9.18 Å². The van der Waals surface area contributed by atoms with E-state index in [4.69, 9.17) is 10.8 Å². The smallest absolute Gasteiger partial charge is 0.357 e. The van der Waals surface area contributed by atoms with Gasteiger partial charge in [-0.25, -0.2) is 14.2 Å². The molecule has 2 rings (SSSR count). The maximum atomic E-state index is 13.2. The zero-order valence-electron chi connectivity index (χ0n) is 8.90. The van der Waals surface area contributed by atoms with E-state index in [1.54, 1.807) is 13.0 Å². The van der Waals surface area contributed by atoms with Gasteiger partial charge < -0.3 is 10.8 Å². The first-order valence-corrected chi connectivity index (χ1v) is 5.56. The molecule has 4 nitrogen and oxygen atoms in total. The van der Waals surface area contributed by atoms with Crippen molar-refractivity contribution in [3.63, 3.8) is 0 Å². The summed E-state index contributed by atoms with van der Waals surface area (Å²) in [6.45, 7) is 1.75. The van der Waals surface area contributed by atoms with E-state index in [0.717, 1.165) is 16.9 Å². The van der Waals surface area contributed by atoms with Gasteiger partial charge in [-0.15, -0.1) is 0 Å². The summed E-state index contributed by atoms with van der Waals surface area (Å²) < 4.78 is 13.2. The maximum Gasteiger partial charge on any atom is 0.357 e. The van der Waals surface area contributed by atoms with Crippen molar-refractivity contribution in [2.45, 2.75) is 6.92 Å². The number of aromatic nitrogens is 1. The van der Waals surface area contributed by atoms with E-state index in [1.807, 2.05) is 0 Å². The van der Waals surface area contributed by atoms with E-state index in [1.165, 1.54) is 12.1 Å². The molecule has 3 N–H and O–H groups in total. The number of rotatable bonds is 2. The van der Waals surface area contributed by atoms with Gasteiger partial charge in [0.25, 0.3) is 0 Å². The molecule has 6 heteroatoms. The Morgan fingerprint density at radius 3 is 2.71 bits per heavy atom. The molecule has 17 heavy (non-hydrogen) atoms. The molecule has 2 aromatic rings. The lowest BCUT2D eigenvalue weighted by Gasteiger charge is -1.98. The highest BCUT2D eigenvalue weighted by molar-refractivity contribution is 7.19. The Balaban J connectivity index is 2.53. The molecular formula is C11H9FN2O2S. The molecule has 0 radical (unpaired) electrons. The second kappa shape index (κ2) is 4.14. The van der Waals surface area contributed by atoms with Crippen molar-refractivity contribution in [1.82, 2.24) is 4.98 Å². The second-order valence-corrected chi connectivity index (χ2v) is 4.58. The number of anilines is 1. The zero-order valence-corrected chi connectivity index (χ0v) is 9.71. The first kappa shape index (κ1) is 11.5. The van der Waals surface area contributed by atoms with E-state index in [-0.39, 0.29) is 16.5 Å². The Morgan fingerprint density at radius 2 is 2.18 bits per heavy atom. The van der Waals surface area contributed by atoms with Gasteiger partial charge in [-0.2, -0.15) is 0 Å². The van der Waals surface area contributed by atoms with Gasteiger partial charge in [0.05, 0.1) is 0 Å². The van der Waals surface area contributed by atoms with E-state index in [0.29, 0.717) is 10.6 Å². The predicted octanol–water partition coefficient (Wildman–Crippen LogP) is 2.54. The van der Waals surface area contributed by atoms with Crippen molar-refractivity contribution in [3.8, 4) is 10.6 Å². The molecule has 0 unspecified atom stereocenters. The van der Waals surface area contributed by atoms with Crippen molar-refractivity contribution >= 4 is 22.3 Å². The van der Waals surface area contributed by atoms with Gasteiger partial charge in [-0.05, 0) is 30.7 Å². The lowest BCUT2D eigenvalue weighted by molar-refractivity contribution is 0.0692. The molecule has 88 valence electrons. The van der Waals surface area contributed by atoms with Crippen LogP contribution in [0.25, 0.3) is 10.6 Å². The van der Waals surface area contributed by atoms with Crippen molar-refractivity contribution in [3.05, 3.63) is 35.3 Å². The number of nitrogen functional groups attached to an aromatic ring is 1. The first-order chi connectivity index (χ1) is 7.97. The number of hydrogen-bond acceptors (Lipinski definition) is 4. The molecule has 0 bridgehead atoms. The highest BCUT2D eigenvalue weighted by Crippen LogP contribution is 2.30. The number of nitrogens with two attached hydrogens (primary N) is 1. The summed E-state index contributed by atoms with van der Waals surface area (Å²) in [4.78, 5) is 14.7. The summed E-state index contributed by atoms with van der Waals surface area (Å²) in [7, 11) is 0. The van der Waals surface area contributed by atoms with Crippen LogP contribution >= 0.6 is 11.3 Å². The highest BCUT2D eigenvalue weighted by Gasteiger charge is 2.16. The Morgan fingerprint density at radius 1 is 1.47 bits per heavy atom. The SMILES string of the molecule is Cc1cc(F)cc(-c2nc(C(=O)O)c(N)s2)c1. The quantitative estimate of drug-likeness (QED) is 0.861. The van der Waals surface area contributed by atoms with Crippen molar-refractivity contribution < 1.29 is 14.3 Å². The molecule has 0 aliphatic heterocycles. The van der Waals surface area contributed by atoms with Crippen LogP contribution in [-0.4, -0.2) is 16.1 Å². The lowest BCUT2D eigenvalue weighted by Crippen LogP contribution is -2.00. The van der Waals surface area contributed by atoms with Crippen molar-refractivity contribution in [2.24, 2.45) is 0 Å². The number of thiazole rings is 1. The van der Waals surface area contributed by atoms with Gasteiger partial charge in [-0.1, -0.05) is 11.3 Å². The topological polar surface area (TPSA) is 76.2 Å². The van der Waals surface area contributed by atoms with Crippen LogP contribution < -0.4 is 5.73 Å². The minimum Gasteiger partial charge on any atom is -0.476 e. The third-order valence-corrected chi connectivity index (χ3v) is 3.08. The second-order valence-electron chi connectivity index (χ2n) is 3.55. The molecule has 0 aliphatic rings. The molecule has 0 fully saturated rings. The number of nitrogens with zero attached hydrogens (tertiary/aromatic N) is 1. The van der Waals surface area contributed by atoms with Gasteiger partial charge >= 0.3 is 5.97 Å². The molecule has 1 heterocycles. The summed E-state index contributed by atoms with van der Waals surface area (Å²) in [5.41, 5.74) is 6.62. The van der Waals surface area contributed by atoms with Crippen molar-refractivity contribution in [1.29, 1.82) is 0 Å². The van der Waals surface area contributed by atoms with E-state index >= 15 is 0 Å². The van der Waals surface area contributed by atoms with E-state index < -0.39 is 5.97 Å². The molecule has 1 aromatic carbocycles. The van der Waals surface area contributed by atoms with Crippen LogP contribution in [0.15, 0.2) is 18.2 Å². The summed E-state index contributed by atoms with van der Waals surface area (Å²) in [5, 5.41) is 9.35. The number of aromatic carboxylic acids is 1. The number of carbonyl (C=O) groups is 1. The fourth-order valence-corrected chi connectivity index (χ4v) is 2.28. The summed E-state index contributed by atoms with van der Waals surface area (Å²) >= 11 is 1.03. The molecular weight excluding hydrogens is 243 g/mol. The number of carboxylic acid groups (broad SMARTS) is 1. The van der Waals surface area contributed by atoms with Gasteiger partial charge in [0.15, 0.2) is 5.69 Å². The van der Waals surface area contributed by atoms with Crippen LogP contribution in [0.5, 0.6) is 0 Å². The fourth-order valence-electron chi connectivity index (χ4n) is 1.47. The third-order valence-electron chi connectivity index (χ3n) is 2.15. The van der Waals surface area contributed by atoms with Crippen LogP contribution in [0.1, 0.15) is 16.1 Å². The molecule has 0 spiro atoms. The Labute approximate surface area is 101 Å². The number of hydrogen-bond donors (Lipinski definition) is 2. The molecule has 0 saturated heterocycles. The van der Waals surface area contributed by atoms with Crippen LogP contribution in [0.2, 0.25) is 0 Å². The largest absolute Gasteiger partial charge is 0.476 e. The van der Waals surface area contributed by atoms with Crippen LogP contribution in [0, 0.1) is 12.7 Å². The Hall–Kier alpha value is -1.95. The average Bonchev–Trinajstić information content (AvgIpc) is 2.59. The van der Waals surface area contributed by atoms with Crippen LogP contribution in [0.4, 0.5) is 9.39 Å². The Kier molecular flexibility index (Phi) is 2.81. The minimum absolute atomic E-state index is 0.120. The van der Waals surface area contributed by atoms with E-state index in [2.05, 4.69) is 4.98 Å². The first-order valence-electron chi connectivity index (χ1n) is 4.74. The summed E-state index contributed by atoms with van der Waals surface area (Å²) in [6.07, 6.45) is 0. The lowest BCUT2D eigenvalue weighted by atomic mass is 10.1. The fraction of sp³-hybridized carbons (Fsp3) is 0.0909. The molecule has 1 aromatic heterocycles. The maximum absolute atomic E-state index is 13.2. The molecule has 0 saturated carbocycles. The van der Waals surface area contributed by atoms with Gasteiger partial charge in [0.1, 0.15) is 15.8 Å². The van der Waals surface area contributed by atoms with Gasteiger partial charge in [0, 0.05) is 5.56 Å². The van der Waals surface area contributed by atoms with Gasteiger partial charge in [0.2, 0.25) is 0 Å². The predicted molar refractivity (Wildman–Crippen MR) is 63.6 cm³/mol. The minimum atomic E-state index is -1.18. The number of benzene rings is 1. The number of aryl methyl sites for hydroxylation is 1. The Bertz CT molecular complexity index is 575. The van der Waals surface area contributed by atoms with Crippen molar-refractivity contribution in [2.75, 3.05) is 5.73 Å². The van der Waals surface area contributed by atoms with Crippen LogP contribution in [-0.2, 0) is 0 Å².